The average molecular weight is 535 g/mol. The van der Waals surface area contributed by atoms with Crippen molar-refractivity contribution in [1.29, 1.82) is 0 Å². The van der Waals surface area contributed by atoms with E-state index in [9.17, 15) is 19.8 Å². The first-order valence-electron chi connectivity index (χ1n) is 13.4. The van der Waals surface area contributed by atoms with Gasteiger partial charge in [-0.05, 0) is 43.7 Å². The summed E-state index contributed by atoms with van der Waals surface area (Å²) in [5.41, 5.74) is 2.06. The van der Waals surface area contributed by atoms with Crippen molar-refractivity contribution in [1.82, 2.24) is 9.80 Å². The smallest absolute Gasteiger partial charge is 0.248 e. The van der Waals surface area contributed by atoms with E-state index in [1.54, 1.807) is 11.0 Å². The van der Waals surface area contributed by atoms with Crippen molar-refractivity contribution in [2.24, 2.45) is 5.92 Å². The molecule has 9 nitrogen and oxygen atoms in total. The summed E-state index contributed by atoms with van der Waals surface area (Å²) >= 11 is 0. The van der Waals surface area contributed by atoms with Crippen molar-refractivity contribution >= 4 is 17.9 Å². The molecule has 1 aliphatic heterocycles. The van der Waals surface area contributed by atoms with Gasteiger partial charge in [0.05, 0.1) is 6.61 Å². The van der Waals surface area contributed by atoms with Crippen molar-refractivity contribution in [2.45, 2.75) is 64.4 Å². The quantitative estimate of drug-likeness (QED) is 0.517. The summed E-state index contributed by atoms with van der Waals surface area (Å²) in [6, 6.07) is 7.67. The molecule has 2 N–H and O–H groups in total. The number of methoxy groups -OCH3 is 2. The van der Waals surface area contributed by atoms with Crippen LogP contribution in [-0.2, 0) is 23.8 Å². The molecule has 1 heterocycles. The Labute approximate surface area is 227 Å². The fourth-order valence-corrected chi connectivity index (χ4v) is 4.68. The number of aliphatic hydroxyl groups excluding tert-OH is 2. The predicted molar refractivity (Wildman–Crippen MR) is 146 cm³/mol. The Morgan fingerprint density at radius 1 is 1.18 bits per heavy atom. The van der Waals surface area contributed by atoms with Gasteiger partial charge >= 0.3 is 0 Å². The molecule has 2 rings (SSSR count). The molecule has 9 heteroatoms. The molecule has 1 aliphatic rings. The number of hydrogen-bond acceptors (Lipinski definition) is 7. The standard InChI is InChI=1S/C29H46N2O7/c1-21(2)15-24-17-30(28(34)20-36-4)18-26(37-5)29(35)25(32)19-38-14-7-6-13-31(24)27(33)12-11-23-10-8-9-22(3)16-23/h8-12,16,21,24-26,29,32,35H,6-7,13-15,17-20H2,1-5H3/b12-11+/t24-,25+,26+,29+/m0/s1. The number of aryl methyl sites for hydroxylation is 1. The molecule has 0 spiro atoms. The third kappa shape index (κ3) is 10.5. The SMILES string of the molecule is COCC(=O)N1C[C@H](CC(C)C)N(C(=O)/C=C/c2cccc(C)c2)CCCCOC[C@@H](O)[C@@H](O)[C@H](OC)C1. The summed E-state index contributed by atoms with van der Waals surface area (Å²) in [6.45, 7) is 7.18. The largest absolute Gasteiger partial charge is 0.388 e. The highest BCUT2D eigenvalue weighted by Crippen LogP contribution is 2.18. The van der Waals surface area contributed by atoms with Gasteiger partial charge in [0.25, 0.3) is 0 Å². The van der Waals surface area contributed by atoms with Crippen LogP contribution in [0, 0.1) is 12.8 Å². The zero-order valence-corrected chi connectivity index (χ0v) is 23.5. The maximum absolute atomic E-state index is 13.6. The van der Waals surface area contributed by atoms with Gasteiger partial charge in [-0.1, -0.05) is 43.7 Å². The van der Waals surface area contributed by atoms with Gasteiger partial charge in [0.2, 0.25) is 11.8 Å². The molecule has 0 radical (unpaired) electrons. The summed E-state index contributed by atoms with van der Waals surface area (Å²) in [4.78, 5) is 30.1. The van der Waals surface area contributed by atoms with Gasteiger partial charge in [0.15, 0.2) is 0 Å². The molecule has 1 aromatic carbocycles. The van der Waals surface area contributed by atoms with E-state index >= 15 is 0 Å². The molecule has 1 saturated heterocycles. The minimum absolute atomic E-state index is 0.0344. The number of carbonyl (C=O) groups is 2. The lowest BCUT2D eigenvalue weighted by Crippen LogP contribution is -2.54. The molecule has 2 amide bonds. The number of benzene rings is 1. The lowest BCUT2D eigenvalue weighted by molar-refractivity contribution is -0.145. The monoisotopic (exact) mass is 534 g/mol. The first-order chi connectivity index (χ1) is 18.2. The van der Waals surface area contributed by atoms with E-state index in [-0.39, 0.29) is 50.1 Å². The molecular weight excluding hydrogens is 488 g/mol. The number of ether oxygens (including phenoxy) is 3. The number of aliphatic hydroxyl groups is 2. The molecule has 0 unspecified atom stereocenters. The third-order valence-electron chi connectivity index (χ3n) is 6.68. The van der Waals surface area contributed by atoms with Crippen molar-refractivity contribution in [3.05, 3.63) is 41.5 Å². The summed E-state index contributed by atoms with van der Waals surface area (Å²) in [5, 5.41) is 21.2. The van der Waals surface area contributed by atoms with Crippen LogP contribution >= 0.6 is 0 Å². The zero-order valence-electron chi connectivity index (χ0n) is 23.5. The highest BCUT2D eigenvalue weighted by atomic mass is 16.5. The summed E-state index contributed by atoms with van der Waals surface area (Å²) in [5.74, 6) is -0.137. The topological polar surface area (TPSA) is 109 Å². The molecule has 38 heavy (non-hydrogen) atoms. The molecule has 0 saturated carbocycles. The Bertz CT molecular complexity index is 891. The Balaban J connectivity index is 2.41. The van der Waals surface area contributed by atoms with E-state index < -0.39 is 18.3 Å². The van der Waals surface area contributed by atoms with Crippen LogP contribution in [0.3, 0.4) is 0 Å². The van der Waals surface area contributed by atoms with E-state index in [1.165, 1.54) is 14.2 Å². The van der Waals surface area contributed by atoms with Crippen LogP contribution in [0.5, 0.6) is 0 Å². The van der Waals surface area contributed by atoms with Crippen molar-refractivity contribution in [3.63, 3.8) is 0 Å². The molecule has 4 atom stereocenters. The number of amides is 2. The van der Waals surface area contributed by atoms with Gasteiger partial charge in [0.1, 0.15) is 24.9 Å². The average Bonchev–Trinajstić information content (AvgIpc) is 2.87. The summed E-state index contributed by atoms with van der Waals surface area (Å²) < 4.78 is 16.2. The Kier molecular flexibility index (Phi) is 14.0. The van der Waals surface area contributed by atoms with Crippen LogP contribution < -0.4 is 0 Å². The number of hydrogen-bond donors (Lipinski definition) is 2. The van der Waals surface area contributed by atoms with Crippen LogP contribution in [-0.4, -0.2) is 110 Å². The third-order valence-corrected chi connectivity index (χ3v) is 6.68. The Hall–Kier alpha value is -2.30. The fourth-order valence-electron chi connectivity index (χ4n) is 4.68. The minimum Gasteiger partial charge on any atom is -0.388 e. The lowest BCUT2D eigenvalue weighted by atomic mass is 10.00. The van der Waals surface area contributed by atoms with Gasteiger partial charge in [-0.15, -0.1) is 0 Å². The van der Waals surface area contributed by atoms with E-state index in [0.717, 1.165) is 11.1 Å². The highest BCUT2D eigenvalue weighted by Gasteiger charge is 2.33. The molecule has 1 fully saturated rings. The van der Waals surface area contributed by atoms with Crippen LogP contribution in [0.2, 0.25) is 0 Å². The first-order valence-corrected chi connectivity index (χ1v) is 13.4. The van der Waals surface area contributed by atoms with E-state index in [2.05, 4.69) is 13.8 Å². The van der Waals surface area contributed by atoms with Crippen molar-refractivity contribution < 1.29 is 34.0 Å². The van der Waals surface area contributed by atoms with Crippen molar-refractivity contribution in [2.75, 3.05) is 53.7 Å². The van der Waals surface area contributed by atoms with Crippen molar-refractivity contribution in [3.8, 4) is 0 Å². The van der Waals surface area contributed by atoms with Gasteiger partial charge in [-0.2, -0.15) is 0 Å². The van der Waals surface area contributed by atoms with Crippen LogP contribution in [0.25, 0.3) is 6.08 Å². The first kappa shape index (κ1) is 31.9. The van der Waals surface area contributed by atoms with Gasteiger partial charge in [0, 0.05) is 52.6 Å². The molecule has 214 valence electrons. The van der Waals surface area contributed by atoms with E-state index in [0.29, 0.717) is 32.4 Å². The summed E-state index contributed by atoms with van der Waals surface area (Å²) in [7, 11) is 2.88. The van der Waals surface area contributed by atoms with Crippen LogP contribution in [0.1, 0.15) is 44.2 Å². The minimum atomic E-state index is -1.25. The second-order valence-corrected chi connectivity index (χ2v) is 10.4. The fraction of sp³-hybridized carbons (Fsp3) is 0.655. The maximum Gasteiger partial charge on any atom is 0.248 e. The molecule has 0 aromatic heterocycles. The number of rotatable bonds is 7. The number of carbonyl (C=O) groups excluding carboxylic acids is 2. The highest BCUT2D eigenvalue weighted by molar-refractivity contribution is 5.92. The van der Waals surface area contributed by atoms with E-state index in [4.69, 9.17) is 14.2 Å². The van der Waals surface area contributed by atoms with Crippen LogP contribution in [0.4, 0.5) is 0 Å². The van der Waals surface area contributed by atoms with Gasteiger partial charge in [-0.3, -0.25) is 9.59 Å². The van der Waals surface area contributed by atoms with Crippen LogP contribution in [0.15, 0.2) is 30.3 Å². The lowest BCUT2D eigenvalue weighted by Gasteiger charge is -2.38. The second kappa shape index (κ2) is 16.6. The predicted octanol–water partition coefficient (Wildman–Crippen LogP) is 2.27. The van der Waals surface area contributed by atoms with E-state index in [1.807, 2.05) is 42.2 Å². The number of nitrogens with zero attached hydrogens (tertiary/aromatic N) is 2. The molecule has 1 aromatic rings. The Morgan fingerprint density at radius 2 is 1.95 bits per heavy atom. The molecular formula is C29H46N2O7. The molecule has 0 aliphatic carbocycles. The summed E-state index contributed by atoms with van der Waals surface area (Å²) in [6.07, 6.45) is 2.23. The second-order valence-electron chi connectivity index (χ2n) is 10.4. The van der Waals surface area contributed by atoms with Gasteiger partial charge in [-0.25, -0.2) is 0 Å². The molecule has 0 bridgehead atoms. The Morgan fingerprint density at radius 3 is 2.61 bits per heavy atom. The van der Waals surface area contributed by atoms with Gasteiger partial charge < -0.3 is 34.2 Å². The maximum atomic E-state index is 13.6. The zero-order chi connectivity index (χ0) is 28.1. The normalized spacial score (nSPS) is 24.5.